The second-order valence-electron chi connectivity index (χ2n) is 8.60. The molecule has 1 atom stereocenters. The Labute approximate surface area is 197 Å². The van der Waals surface area contributed by atoms with E-state index < -0.39 is 17.8 Å². The number of anilines is 2. The minimum atomic E-state index is -0.792. The van der Waals surface area contributed by atoms with E-state index in [1.54, 1.807) is 29.2 Å². The van der Waals surface area contributed by atoms with Crippen LogP contribution in [0.1, 0.15) is 40.1 Å². The fourth-order valence-corrected chi connectivity index (χ4v) is 3.98. The molecule has 4 rings (SSSR count). The summed E-state index contributed by atoms with van der Waals surface area (Å²) in [5.41, 5.74) is 3.40. The van der Waals surface area contributed by atoms with Crippen LogP contribution in [0.4, 0.5) is 15.8 Å². The number of para-hydroxylation sites is 1. The predicted octanol–water partition coefficient (Wildman–Crippen LogP) is 4.42. The molecule has 0 saturated carbocycles. The number of hydrogen-bond acceptors (Lipinski definition) is 3. The van der Waals surface area contributed by atoms with E-state index in [1.807, 2.05) is 38.1 Å². The third kappa shape index (κ3) is 4.98. The zero-order chi connectivity index (χ0) is 24.2. The van der Waals surface area contributed by atoms with Gasteiger partial charge in [0.2, 0.25) is 5.91 Å². The molecule has 3 aromatic rings. The molecule has 0 spiro atoms. The van der Waals surface area contributed by atoms with Gasteiger partial charge in [-0.15, -0.1) is 0 Å². The van der Waals surface area contributed by atoms with E-state index >= 15 is 0 Å². The predicted molar refractivity (Wildman–Crippen MR) is 129 cm³/mol. The third-order valence-corrected chi connectivity index (χ3v) is 5.87. The van der Waals surface area contributed by atoms with Crippen molar-refractivity contribution in [3.8, 4) is 0 Å². The Morgan fingerprint density at radius 2 is 1.53 bits per heavy atom. The van der Waals surface area contributed by atoms with Crippen LogP contribution >= 0.6 is 0 Å². The van der Waals surface area contributed by atoms with Crippen LogP contribution in [-0.2, 0) is 11.2 Å². The molecule has 7 heteroatoms. The summed E-state index contributed by atoms with van der Waals surface area (Å²) in [6.45, 7) is 4.29. The monoisotopic (exact) mass is 459 g/mol. The van der Waals surface area contributed by atoms with Crippen LogP contribution in [0.25, 0.3) is 0 Å². The normalized spacial score (nSPS) is 13.4. The molecule has 0 aromatic heterocycles. The Balaban J connectivity index is 1.41. The summed E-state index contributed by atoms with van der Waals surface area (Å²) in [6.07, 6.45) is 0.830. The minimum absolute atomic E-state index is 0.0885. The standard InChI is InChI=1S/C27H26FN3O3/c1-17(2)24(30-25(32)19-7-11-21(28)12-8-19)26(33)29-22-13-9-20(10-14-22)27(34)31-16-15-18-5-3-4-6-23(18)31/h3-14,17,24H,15-16H2,1-2H3,(H,29,33)(H,30,32). The molecule has 0 saturated heterocycles. The van der Waals surface area contributed by atoms with Gasteiger partial charge in [-0.3, -0.25) is 14.4 Å². The Kier molecular flexibility index (Phi) is 6.72. The summed E-state index contributed by atoms with van der Waals surface area (Å²) in [5, 5.41) is 5.52. The fourth-order valence-electron chi connectivity index (χ4n) is 3.98. The first-order valence-electron chi connectivity index (χ1n) is 11.2. The van der Waals surface area contributed by atoms with Gasteiger partial charge in [-0.1, -0.05) is 32.0 Å². The van der Waals surface area contributed by atoms with Gasteiger partial charge in [0.15, 0.2) is 0 Å². The number of benzene rings is 3. The summed E-state index contributed by atoms with van der Waals surface area (Å²) in [7, 11) is 0. The summed E-state index contributed by atoms with van der Waals surface area (Å²) in [5.74, 6) is -1.54. The van der Waals surface area contributed by atoms with Crippen LogP contribution in [0.2, 0.25) is 0 Å². The molecule has 1 unspecified atom stereocenters. The van der Waals surface area contributed by atoms with Gasteiger partial charge in [-0.05, 0) is 72.5 Å². The lowest BCUT2D eigenvalue weighted by molar-refractivity contribution is -0.118. The molecule has 174 valence electrons. The first kappa shape index (κ1) is 23.2. The molecule has 3 amide bonds. The van der Waals surface area contributed by atoms with Gasteiger partial charge in [0, 0.05) is 29.0 Å². The first-order chi connectivity index (χ1) is 16.3. The molecular formula is C27H26FN3O3. The van der Waals surface area contributed by atoms with Crippen LogP contribution in [0.3, 0.4) is 0 Å². The average molecular weight is 460 g/mol. The van der Waals surface area contributed by atoms with E-state index in [0.717, 1.165) is 17.7 Å². The van der Waals surface area contributed by atoms with E-state index in [4.69, 9.17) is 0 Å². The molecule has 0 bridgehead atoms. The van der Waals surface area contributed by atoms with Crippen molar-refractivity contribution in [1.82, 2.24) is 5.32 Å². The maximum Gasteiger partial charge on any atom is 0.258 e. The maximum atomic E-state index is 13.1. The highest BCUT2D eigenvalue weighted by Crippen LogP contribution is 2.29. The van der Waals surface area contributed by atoms with Gasteiger partial charge in [-0.2, -0.15) is 0 Å². The number of halogens is 1. The molecule has 3 aromatic carbocycles. The second-order valence-corrected chi connectivity index (χ2v) is 8.60. The van der Waals surface area contributed by atoms with Gasteiger partial charge in [0.1, 0.15) is 11.9 Å². The number of nitrogens with zero attached hydrogens (tertiary/aromatic N) is 1. The number of nitrogens with one attached hydrogen (secondary N) is 2. The molecule has 34 heavy (non-hydrogen) atoms. The Morgan fingerprint density at radius 1 is 0.882 bits per heavy atom. The quantitative estimate of drug-likeness (QED) is 0.573. The van der Waals surface area contributed by atoms with Gasteiger partial charge in [-0.25, -0.2) is 4.39 Å². The van der Waals surface area contributed by atoms with Crippen molar-refractivity contribution in [1.29, 1.82) is 0 Å². The molecule has 1 aliphatic rings. The van der Waals surface area contributed by atoms with Crippen LogP contribution in [0, 0.1) is 11.7 Å². The number of hydrogen-bond donors (Lipinski definition) is 2. The largest absolute Gasteiger partial charge is 0.340 e. The fraction of sp³-hybridized carbons (Fsp3) is 0.222. The molecule has 1 aliphatic heterocycles. The molecule has 6 nitrogen and oxygen atoms in total. The third-order valence-electron chi connectivity index (χ3n) is 5.87. The van der Waals surface area contributed by atoms with Gasteiger partial charge >= 0.3 is 0 Å². The zero-order valence-corrected chi connectivity index (χ0v) is 19.0. The van der Waals surface area contributed by atoms with Gasteiger partial charge < -0.3 is 15.5 Å². The van der Waals surface area contributed by atoms with Crippen molar-refractivity contribution in [3.63, 3.8) is 0 Å². The van der Waals surface area contributed by atoms with E-state index in [-0.39, 0.29) is 23.3 Å². The highest BCUT2D eigenvalue weighted by atomic mass is 19.1. The number of fused-ring (bicyclic) bond motifs is 1. The van der Waals surface area contributed by atoms with E-state index in [9.17, 15) is 18.8 Å². The van der Waals surface area contributed by atoms with Crippen molar-refractivity contribution < 1.29 is 18.8 Å². The summed E-state index contributed by atoms with van der Waals surface area (Å²) in [4.78, 5) is 40.1. The molecule has 0 aliphatic carbocycles. The lowest BCUT2D eigenvalue weighted by Gasteiger charge is -2.22. The smallest absolute Gasteiger partial charge is 0.258 e. The number of amides is 3. The van der Waals surface area contributed by atoms with Crippen molar-refractivity contribution in [2.75, 3.05) is 16.8 Å². The molecule has 1 heterocycles. The van der Waals surface area contributed by atoms with Gasteiger partial charge in [0.05, 0.1) is 0 Å². The van der Waals surface area contributed by atoms with Crippen molar-refractivity contribution in [3.05, 3.63) is 95.3 Å². The number of carbonyl (C=O) groups is 3. The van der Waals surface area contributed by atoms with Crippen LogP contribution in [-0.4, -0.2) is 30.3 Å². The van der Waals surface area contributed by atoms with Crippen molar-refractivity contribution >= 4 is 29.1 Å². The van der Waals surface area contributed by atoms with Crippen molar-refractivity contribution in [2.45, 2.75) is 26.3 Å². The van der Waals surface area contributed by atoms with E-state index in [0.29, 0.717) is 17.8 Å². The topological polar surface area (TPSA) is 78.5 Å². The summed E-state index contributed by atoms with van der Waals surface area (Å²) in [6, 6.07) is 18.9. The molecule has 2 N–H and O–H groups in total. The first-order valence-corrected chi connectivity index (χ1v) is 11.2. The lowest BCUT2D eigenvalue weighted by Crippen LogP contribution is -2.47. The molecule has 0 fully saturated rings. The van der Waals surface area contributed by atoms with Crippen LogP contribution in [0.5, 0.6) is 0 Å². The Morgan fingerprint density at radius 3 is 2.21 bits per heavy atom. The van der Waals surface area contributed by atoms with E-state index in [2.05, 4.69) is 10.6 Å². The minimum Gasteiger partial charge on any atom is -0.340 e. The Hall–Kier alpha value is -4.00. The molecule has 0 radical (unpaired) electrons. The highest BCUT2D eigenvalue weighted by Gasteiger charge is 2.26. The van der Waals surface area contributed by atoms with Crippen LogP contribution < -0.4 is 15.5 Å². The van der Waals surface area contributed by atoms with Gasteiger partial charge in [0.25, 0.3) is 11.8 Å². The zero-order valence-electron chi connectivity index (χ0n) is 19.0. The maximum absolute atomic E-state index is 13.1. The van der Waals surface area contributed by atoms with E-state index in [1.165, 1.54) is 24.3 Å². The SMILES string of the molecule is CC(C)C(NC(=O)c1ccc(F)cc1)C(=O)Nc1ccc(C(=O)N2CCc3ccccc32)cc1. The van der Waals surface area contributed by atoms with Crippen molar-refractivity contribution in [2.24, 2.45) is 5.92 Å². The molecular weight excluding hydrogens is 433 g/mol. The number of rotatable bonds is 6. The average Bonchev–Trinajstić information content (AvgIpc) is 3.27. The summed E-state index contributed by atoms with van der Waals surface area (Å²) < 4.78 is 13.1. The second kappa shape index (κ2) is 9.87. The summed E-state index contributed by atoms with van der Waals surface area (Å²) >= 11 is 0. The lowest BCUT2D eigenvalue weighted by atomic mass is 10.0. The highest BCUT2D eigenvalue weighted by molar-refractivity contribution is 6.07. The Bertz CT molecular complexity index is 1210. The number of carbonyl (C=O) groups excluding carboxylic acids is 3. The van der Waals surface area contributed by atoms with Crippen LogP contribution in [0.15, 0.2) is 72.8 Å².